The minimum atomic E-state index is -0.462. The van der Waals surface area contributed by atoms with Gasteiger partial charge in [0.05, 0.1) is 6.54 Å². The molecule has 0 atom stereocenters. The van der Waals surface area contributed by atoms with E-state index in [9.17, 15) is 14.0 Å². The Morgan fingerprint density at radius 2 is 1.60 bits per heavy atom. The van der Waals surface area contributed by atoms with Gasteiger partial charge in [-0.3, -0.25) is 9.69 Å². The summed E-state index contributed by atoms with van der Waals surface area (Å²) in [6.07, 6.45) is 1.66. The molecule has 6 heteroatoms. The molecule has 0 unspecified atom stereocenters. The summed E-state index contributed by atoms with van der Waals surface area (Å²) in [5, 5.41) is 4.57. The molecule has 4 aromatic carbocycles. The third-order valence-electron chi connectivity index (χ3n) is 5.95. The molecule has 1 aliphatic rings. The van der Waals surface area contributed by atoms with Crippen molar-refractivity contribution in [3.63, 3.8) is 0 Å². The molecular formula is C29H23FN2O3. The largest absolute Gasteiger partial charge is 0.488 e. The summed E-state index contributed by atoms with van der Waals surface area (Å²) >= 11 is 0. The van der Waals surface area contributed by atoms with Crippen LogP contribution in [0.4, 0.5) is 9.18 Å². The number of fused-ring (bicyclic) bond motifs is 1. The highest BCUT2D eigenvalue weighted by Gasteiger charge is 2.33. The van der Waals surface area contributed by atoms with Gasteiger partial charge in [-0.2, -0.15) is 0 Å². The van der Waals surface area contributed by atoms with Crippen LogP contribution >= 0.6 is 0 Å². The minimum absolute atomic E-state index is 0.185. The summed E-state index contributed by atoms with van der Waals surface area (Å²) in [7, 11) is 0. The van der Waals surface area contributed by atoms with Crippen molar-refractivity contribution in [3.05, 3.63) is 119 Å². The summed E-state index contributed by atoms with van der Waals surface area (Å²) < 4.78 is 19.3. The van der Waals surface area contributed by atoms with E-state index in [1.807, 2.05) is 67.6 Å². The van der Waals surface area contributed by atoms with Crippen LogP contribution in [0.3, 0.4) is 0 Å². The number of imide groups is 1. The Balaban J connectivity index is 1.46. The molecule has 1 aliphatic heterocycles. The lowest BCUT2D eigenvalue weighted by Crippen LogP contribution is -2.30. The van der Waals surface area contributed by atoms with Crippen LogP contribution in [0.2, 0.25) is 0 Å². The smallest absolute Gasteiger partial charge is 0.329 e. The van der Waals surface area contributed by atoms with Crippen LogP contribution in [-0.2, 0) is 17.9 Å². The third kappa shape index (κ3) is 4.77. The van der Waals surface area contributed by atoms with Crippen molar-refractivity contribution in [1.82, 2.24) is 10.2 Å². The van der Waals surface area contributed by atoms with Crippen molar-refractivity contribution in [2.24, 2.45) is 0 Å². The molecule has 174 valence electrons. The second-order valence-electron chi connectivity index (χ2n) is 8.48. The lowest BCUT2D eigenvalue weighted by atomic mass is 10.0. The summed E-state index contributed by atoms with van der Waals surface area (Å²) in [5.74, 6) is -0.150. The number of hydrogen-bond donors (Lipinski definition) is 1. The standard InChI is InChI=1S/C29H23FN2O3/c1-19-6-8-20(9-7-19)17-32-28(33)26(31-29(32)34)16-25-24-5-3-2-4-22(24)12-15-27(25)35-18-21-10-13-23(30)14-11-21/h2-16H,17-18H2,1H3,(H,31,34)/b26-16+. The average molecular weight is 467 g/mol. The lowest BCUT2D eigenvalue weighted by Gasteiger charge is -2.13. The van der Waals surface area contributed by atoms with Gasteiger partial charge in [-0.05, 0) is 53.1 Å². The van der Waals surface area contributed by atoms with Crippen LogP contribution in [-0.4, -0.2) is 16.8 Å². The monoisotopic (exact) mass is 466 g/mol. The number of halogens is 1. The molecule has 0 bridgehead atoms. The van der Waals surface area contributed by atoms with Crippen LogP contribution < -0.4 is 10.1 Å². The zero-order chi connectivity index (χ0) is 24.4. The second-order valence-corrected chi connectivity index (χ2v) is 8.48. The molecular weight excluding hydrogens is 443 g/mol. The number of rotatable bonds is 6. The molecule has 0 spiro atoms. The fourth-order valence-corrected chi connectivity index (χ4v) is 4.03. The molecule has 0 saturated carbocycles. The van der Waals surface area contributed by atoms with Crippen molar-refractivity contribution in [2.75, 3.05) is 0 Å². The van der Waals surface area contributed by atoms with E-state index in [2.05, 4.69) is 5.32 Å². The van der Waals surface area contributed by atoms with E-state index in [-0.39, 0.29) is 24.7 Å². The van der Waals surface area contributed by atoms with Crippen molar-refractivity contribution in [3.8, 4) is 5.75 Å². The number of hydrogen-bond acceptors (Lipinski definition) is 3. The second kappa shape index (κ2) is 9.43. The molecule has 3 amide bonds. The molecule has 0 aromatic heterocycles. The van der Waals surface area contributed by atoms with Gasteiger partial charge >= 0.3 is 6.03 Å². The Morgan fingerprint density at radius 1 is 0.886 bits per heavy atom. The lowest BCUT2D eigenvalue weighted by molar-refractivity contribution is -0.123. The zero-order valence-corrected chi connectivity index (χ0v) is 19.1. The van der Waals surface area contributed by atoms with E-state index in [1.54, 1.807) is 18.2 Å². The Hall–Kier alpha value is -4.45. The predicted molar refractivity (Wildman–Crippen MR) is 133 cm³/mol. The van der Waals surface area contributed by atoms with Crippen molar-refractivity contribution < 1.29 is 18.7 Å². The van der Waals surface area contributed by atoms with Gasteiger partial charge in [0.2, 0.25) is 0 Å². The maximum atomic E-state index is 13.3. The highest BCUT2D eigenvalue weighted by Crippen LogP contribution is 2.32. The fourth-order valence-electron chi connectivity index (χ4n) is 4.03. The maximum absolute atomic E-state index is 13.3. The van der Waals surface area contributed by atoms with Crippen LogP contribution in [0.15, 0.2) is 90.6 Å². The van der Waals surface area contributed by atoms with Gasteiger partial charge in [0, 0.05) is 5.56 Å². The summed E-state index contributed by atoms with van der Waals surface area (Å²) in [4.78, 5) is 27.0. The van der Waals surface area contributed by atoms with Crippen molar-refractivity contribution in [2.45, 2.75) is 20.1 Å². The SMILES string of the molecule is Cc1ccc(CN2C(=O)N/C(=C/c3c(OCc4ccc(F)cc4)ccc4ccccc34)C2=O)cc1. The van der Waals surface area contributed by atoms with Crippen LogP contribution in [0, 0.1) is 12.7 Å². The first-order valence-electron chi connectivity index (χ1n) is 11.3. The quantitative estimate of drug-likeness (QED) is 0.282. The molecule has 1 heterocycles. The molecule has 5 nitrogen and oxygen atoms in total. The first-order valence-corrected chi connectivity index (χ1v) is 11.3. The summed E-state index contributed by atoms with van der Waals surface area (Å²) in [6.45, 7) is 2.40. The number of benzene rings is 4. The third-order valence-corrected chi connectivity index (χ3v) is 5.95. The van der Waals surface area contributed by atoms with E-state index in [0.29, 0.717) is 11.3 Å². The number of carbonyl (C=O) groups is 2. The molecule has 1 fully saturated rings. The first kappa shape index (κ1) is 22.3. The van der Waals surface area contributed by atoms with Crippen LogP contribution in [0.1, 0.15) is 22.3 Å². The van der Waals surface area contributed by atoms with Gasteiger partial charge in [-0.15, -0.1) is 0 Å². The summed E-state index contributed by atoms with van der Waals surface area (Å²) in [5.41, 5.74) is 3.66. The molecule has 35 heavy (non-hydrogen) atoms. The molecule has 5 rings (SSSR count). The van der Waals surface area contributed by atoms with E-state index >= 15 is 0 Å². The fraction of sp³-hybridized carbons (Fsp3) is 0.103. The predicted octanol–water partition coefficient (Wildman–Crippen LogP) is 5.96. The number of carbonyl (C=O) groups excluding carboxylic acids is 2. The Labute approximate surface area is 202 Å². The van der Waals surface area contributed by atoms with Gasteiger partial charge in [-0.25, -0.2) is 9.18 Å². The Bertz CT molecular complexity index is 1440. The van der Waals surface area contributed by atoms with Gasteiger partial charge in [0.15, 0.2) is 0 Å². The van der Waals surface area contributed by atoms with Crippen molar-refractivity contribution in [1.29, 1.82) is 0 Å². The number of nitrogens with zero attached hydrogens (tertiary/aromatic N) is 1. The van der Waals surface area contributed by atoms with Gasteiger partial charge < -0.3 is 10.1 Å². The highest BCUT2D eigenvalue weighted by atomic mass is 19.1. The number of ether oxygens (including phenoxy) is 1. The number of amides is 3. The molecule has 0 aliphatic carbocycles. The van der Waals surface area contributed by atoms with Crippen LogP contribution in [0.5, 0.6) is 5.75 Å². The minimum Gasteiger partial charge on any atom is -0.488 e. The van der Waals surface area contributed by atoms with Gasteiger partial charge in [0.1, 0.15) is 23.9 Å². The van der Waals surface area contributed by atoms with E-state index in [1.165, 1.54) is 17.0 Å². The molecule has 1 saturated heterocycles. The Kier molecular flexibility index (Phi) is 6.02. The summed E-state index contributed by atoms with van der Waals surface area (Å²) in [6, 6.07) is 24.9. The normalized spacial score (nSPS) is 14.6. The first-order chi connectivity index (χ1) is 17.0. The van der Waals surface area contributed by atoms with E-state index < -0.39 is 11.9 Å². The topological polar surface area (TPSA) is 58.6 Å². The highest BCUT2D eigenvalue weighted by molar-refractivity contribution is 6.14. The average Bonchev–Trinajstić information content (AvgIpc) is 3.13. The van der Waals surface area contributed by atoms with E-state index in [4.69, 9.17) is 4.74 Å². The van der Waals surface area contributed by atoms with E-state index in [0.717, 1.165) is 27.5 Å². The number of aryl methyl sites for hydroxylation is 1. The number of urea groups is 1. The molecule has 1 N–H and O–H groups in total. The van der Waals surface area contributed by atoms with Crippen molar-refractivity contribution >= 4 is 28.8 Å². The zero-order valence-electron chi connectivity index (χ0n) is 19.1. The number of nitrogens with one attached hydrogen (secondary N) is 1. The van der Waals surface area contributed by atoms with Gasteiger partial charge in [0.25, 0.3) is 5.91 Å². The van der Waals surface area contributed by atoms with Gasteiger partial charge in [-0.1, -0.05) is 72.3 Å². The molecule has 4 aromatic rings. The molecule has 0 radical (unpaired) electrons. The Morgan fingerprint density at radius 3 is 2.37 bits per heavy atom. The van der Waals surface area contributed by atoms with Crippen LogP contribution in [0.25, 0.3) is 16.8 Å². The maximum Gasteiger partial charge on any atom is 0.329 e.